The van der Waals surface area contributed by atoms with Crippen LogP contribution in [0.1, 0.15) is 65.2 Å². The smallest absolute Gasteiger partial charge is 0.309 e. The molecule has 0 heterocycles. The second kappa shape index (κ2) is 4.84. The Morgan fingerprint density at radius 3 is 2.65 bits per heavy atom. The van der Waals surface area contributed by atoms with Crippen molar-refractivity contribution in [3.05, 3.63) is 11.6 Å². The number of rotatable bonds is 2. The Labute approximate surface area is 139 Å². The largest absolute Gasteiger partial charge is 0.481 e. The fourth-order valence-electron chi connectivity index (χ4n) is 7.48. The molecule has 0 aromatic carbocycles. The van der Waals surface area contributed by atoms with Crippen molar-refractivity contribution >= 4 is 5.97 Å². The van der Waals surface area contributed by atoms with Gasteiger partial charge in [-0.2, -0.15) is 0 Å². The number of allylic oxidation sites excluding steroid dienone is 1. The van der Waals surface area contributed by atoms with Crippen LogP contribution in [0, 0.1) is 34.0 Å². The van der Waals surface area contributed by atoms with Gasteiger partial charge in [0.2, 0.25) is 0 Å². The van der Waals surface area contributed by atoms with Gasteiger partial charge in [0.05, 0.1) is 12.0 Å². The van der Waals surface area contributed by atoms with E-state index in [0.29, 0.717) is 17.8 Å². The molecule has 6 atom stereocenters. The summed E-state index contributed by atoms with van der Waals surface area (Å²) in [5, 5.41) is 19.6. The van der Waals surface area contributed by atoms with Crippen molar-refractivity contribution in [2.45, 2.75) is 65.2 Å². The first-order chi connectivity index (χ1) is 10.9. The number of carboxylic acid groups (broad SMARTS) is 1. The van der Waals surface area contributed by atoms with Gasteiger partial charge in [-0.25, -0.2) is 0 Å². The molecule has 4 rings (SSSR count). The number of aliphatic hydroxyl groups excluding tert-OH is 1. The normalized spacial score (nSPS) is 51.6. The summed E-state index contributed by atoms with van der Waals surface area (Å²) in [5.74, 6) is 0.912. The third-order valence-electron chi connectivity index (χ3n) is 8.46. The number of hydrogen-bond acceptors (Lipinski definition) is 2. The monoisotopic (exact) mass is 318 g/mol. The minimum Gasteiger partial charge on any atom is -0.481 e. The molecule has 3 saturated carbocycles. The molecule has 4 aliphatic rings. The van der Waals surface area contributed by atoms with Gasteiger partial charge in [0.25, 0.3) is 0 Å². The molecule has 0 aromatic heterocycles. The van der Waals surface area contributed by atoms with Gasteiger partial charge in [-0.3, -0.25) is 4.79 Å². The van der Waals surface area contributed by atoms with Gasteiger partial charge in [0.15, 0.2) is 0 Å². The van der Waals surface area contributed by atoms with E-state index < -0.39 is 11.4 Å². The molecular formula is C20H30O3. The molecule has 128 valence electrons. The molecule has 0 aliphatic heterocycles. The zero-order chi connectivity index (χ0) is 16.5. The zero-order valence-corrected chi connectivity index (χ0v) is 14.5. The van der Waals surface area contributed by atoms with Crippen molar-refractivity contribution in [3.8, 4) is 0 Å². The minimum absolute atomic E-state index is 0.149. The van der Waals surface area contributed by atoms with Crippen molar-refractivity contribution in [1.29, 1.82) is 0 Å². The number of aliphatic hydroxyl groups is 1. The molecule has 4 aliphatic carbocycles. The Balaban J connectivity index is 1.75. The SMILES string of the molecule is C[C@]12CCC[C@](C)(C(=O)O)[C@H]1CC[C@@]13C=C(CO)[C@@H](CC[C@@H]12)C3. The summed E-state index contributed by atoms with van der Waals surface area (Å²) in [6.07, 6.45) is 11.3. The first-order valence-electron chi connectivity index (χ1n) is 9.42. The summed E-state index contributed by atoms with van der Waals surface area (Å²) < 4.78 is 0. The Morgan fingerprint density at radius 2 is 1.96 bits per heavy atom. The van der Waals surface area contributed by atoms with E-state index in [1.807, 2.05) is 6.92 Å². The molecule has 3 heteroatoms. The van der Waals surface area contributed by atoms with Crippen LogP contribution in [0.4, 0.5) is 0 Å². The molecule has 23 heavy (non-hydrogen) atoms. The first-order valence-corrected chi connectivity index (χ1v) is 9.42. The molecule has 1 spiro atoms. The summed E-state index contributed by atoms with van der Waals surface area (Å²) in [7, 11) is 0. The second-order valence-corrected chi connectivity index (χ2v) is 9.31. The second-order valence-electron chi connectivity index (χ2n) is 9.31. The summed E-state index contributed by atoms with van der Waals surface area (Å²) in [5.41, 5.74) is 1.12. The Kier molecular flexibility index (Phi) is 3.30. The standard InChI is InChI=1S/C20H30O3/c1-18-7-3-8-19(2,17(22)23)15(18)6-9-20-10-13(4-5-16(18)20)14(11-20)12-21/h11,13,15-16,21H,3-10,12H2,1-2H3,(H,22,23)/t13-,15-,16+,18-,19-,20+/m0/s1. The minimum atomic E-state index is -0.587. The number of fused-ring (bicyclic) bond motifs is 3. The summed E-state index contributed by atoms with van der Waals surface area (Å²) in [6, 6.07) is 0. The fourth-order valence-corrected chi connectivity index (χ4v) is 7.48. The predicted octanol–water partition coefficient (Wildman–Crippen LogP) is 4.01. The van der Waals surface area contributed by atoms with Gasteiger partial charge in [0, 0.05) is 0 Å². The third kappa shape index (κ3) is 1.89. The van der Waals surface area contributed by atoms with Gasteiger partial charge in [-0.15, -0.1) is 0 Å². The average Bonchev–Trinajstić information content (AvgIpc) is 2.77. The van der Waals surface area contributed by atoms with Gasteiger partial charge >= 0.3 is 5.97 Å². The molecule has 0 saturated heterocycles. The highest BCUT2D eigenvalue weighted by molar-refractivity contribution is 5.75. The summed E-state index contributed by atoms with van der Waals surface area (Å²) >= 11 is 0. The molecule has 0 aromatic rings. The molecule has 2 bridgehead atoms. The Morgan fingerprint density at radius 1 is 1.17 bits per heavy atom. The van der Waals surface area contributed by atoms with Crippen molar-refractivity contribution in [3.63, 3.8) is 0 Å². The van der Waals surface area contributed by atoms with E-state index in [0.717, 1.165) is 25.7 Å². The Bertz CT molecular complexity index is 567. The van der Waals surface area contributed by atoms with Crippen molar-refractivity contribution < 1.29 is 15.0 Å². The average molecular weight is 318 g/mol. The molecule has 0 unspecified atom stereocenters. The number of aliphatic carboxylic acids is 1. The van der Waals surface area contributed by atoms with Crippen molar-refractivity contribution in [1.82, 2.24) is 0 Å². The highest BCUT2D eigenvalue weighted by Gasteiger charge is 2.64. The predicted molar refractivity (Wildman–Crippen MR) is 88.9 cm³/mol. The number of carboxylic acids is 1. The van der Waals surface area contributed by atoms with Crippen LogP contribution < -0.4 is 0 Å². The molecule has 3 fully saturated rings. The maximum atomic E-state index is 12.0. The van der Waals surface area contributed by atoms with E-state index in [-0.39, 0.29) is 17.4 Å². The van der Waals surface area contributed by atoms with Crippen LogP contribution in [0.2, 0.25) is 0 Å². The fraction of sp³-hybridized carbons (Fsp3) is 0.850. The molecule has 0 amide bonds. The molecule has 2 N–H and O–H groups in total. The van der Waals surface area contributed by atoms with Crippen molar-refractivity contribution in [2.24, 2.45) is 34.0 Å². The summed E-state index contributed by atoms with van der Waals surface area (Å²) in [6.45, 7) is 4.62. The maximum absolute atomic E-state index is 12.0. The lowest BCUT2D eigenvalue weighted by Gasteiger charge is -2.63. The lowest BCUT2D eigenvalue weighted by Crippen LogP contribution is -2.58. The van der Waals surface area contributed by atoms with E-state index >= 15 is 0 Å². The van der Waals surface area contributed by atoms with Crippen LogP contribution in [0.15, 0.2) is 11.6 Å². The quantitative estimate of drug-likeness (QED) is 0.756. The number of hydrogen-bond donors (Lipinski definition) is 2. The lowest BCUT2D eigenvalue weighted by molar-refractivity contribution is -0.177. The maximum Gasteiger partial charge on any atom is 0.309 e. The van der Waals surface area contributed by atoms with Crippen LogP contribution in [-0.4, -0.2) is 22.8 Å². The molecule has 3 nitrogen and oxygen atoms in total. The summed E-state index contributed by atoms with van der Waals surface area (Å²) in [4.78, 5) is 12.0. The van der Waals surface area contributed by atoms with Gasteiger partial charge in [-0.1, -0.05) is 19.4 Å². The topological polar surface area (TPSA) is 57.5 Å². The first kappa shape index (κ1) is 15.7. The highest BCUT2D eigenvalue weighted by Crippen LogP contribution is 2.70. The molecule has 0 radical (unpaired) electrons. The van der Waals surface area contributed by atoms with Crippen LogP contribution in [0.3, 0.4) is 0 Å². The van der Waals surface area contributed by atoms with Crippen molar-refractivity contribution in [2.75, 3.05) is 6.61 Å². The van der Waals surface area contributed by atoms with E-state index in [2.05, 4.69) is 13.0 Å². The van der Waals surface area contributed by atoms with Crippen LogP contribution >= 0.6 is 0 Å². The van der Waals surface area contributed by atoms with Crippen LogP contribution in [0.5, 0.6) is 0 Å². The Hall–Kier alpha value is -0.830. The van der Waals surface area contributed by atoms with Gasteiger partial charge in [0.1, 0.15) is 0 Å². The number of carbonyl (C=O) groups is 1. The highest BCUT2D eigenvalue weighted by atomic mass is 16.4. The van der Waals surface area contributed by atoms with Gasteiger partial charge < -0.3 is 10.2 Å². The van der Waals surface area contributed by atoms with E-state index in [9.17, 15) is 15.0 Å². The van der Waals surface area contributed by atoms with Gasteiger partial charge in [-0.05, 0) is 86.0 Å². The van der Waals surface area contributed by atoms with E-state index in [1.165, 1.54) is 31.3 Å². The zero-order valence-electron chi connectivity index (χ0n) is 14.5. The van der Waals surface area contributed by atoms with Crippen LogP contribution in [0.25, 0.3) is 0 Å². The third-order valence-corrected chi connectivity index (χ3v) is 8.46. The lowest BCUT2D eigenvalue weighted by atomic mass is 9.41. The van der Waals surface area contributed by atoms with Crippen LogP contribution in [-0.2, 0) is 4.79 Å². The van der Waals surface area contributed by atoms with E-state index in [4.69, 9.17) is 0 Å². The van der Waals surface area contributed by atoms with E-state index in [1.54, 1.807) is 0 Å². The molecular weight excluding hydrogens is 288 g/mol.